The fraction of sp³-hybridized carbons (Fsp3) is 0.368. The van der Waals surface area contributed by atoms with Crippen molar-refractivity contribution in [3.63, 3.8) is 0 Å². The molecule has 142 valence electrons. The molecule has 0 amide bonds. The molecule has 0 unspecified atom stereocenters. The standard InChI is InChI=1S/C18H17F2N5.CH3Cl/c19-12-1-3-14-15(9-12)22-23-17(14)25-8-7-24(11-18(25)5-6-18)16-4-2-13(20)10-21-16;1-2/h1-4,9-10H,5-8,11H2,(H,22,23);1H3. The van der Waals surface area contributed by atoms with Crippen molar-refractivity contribution in [1.82, 2.24) is 15.2 Å². The van der Waals surface area contributed by atoms with Crippen LogP contribution in [-0.2, 0) is 0 Å². The van der Waals surface area contributed by atoms with Gasteiger partial charge in [0.2, 0.25) is 0 Å². The van der Waals surface area contributed by atoms with E-state index in [1.54, 1.807) is 12.1 Å². The zero-order valence-corrected chi connectivity index (χ0v) is 15.7. The third-order valence-corrected chi connectivity index (χ3v) is 5.27. The number of aromatic nitrogens is 3. The van der Waals surface area contributed by atoms with E-state index in [1.807, 2.05) is 0 Å². The van der Waals surface area contributed by atoms with E-state index < -0.39 is 0 Å². The second-order valence-electron chi connectivity index (χ2n) is 6.87. The van der Waals surface area contributed by atoms with Gasteiger partial charge in [-0.3, -0.25) is 5.10 Å². The zero-order chi connectivity index (χ0) is 19.0. The summed E-state index contributed by atoms with van der Waals surface area (Å²) in [4.78, 5) is 8.75. The lowest BCUT2D eigenvalue weighted by Crippen LogP contribution is -2.55. The predicted molar refractivity (Wildman–Crippen MR) is 104 cm³/mol. The highest BCUT2D eigenvalue weighted by molar-refractivity contribution is 6.15. The molecule has 27 heavy (non-hydrogen) atoms. The summed E-state index contributed by atoms with van der Waals surface area (Å²) in [6.07, 6.45) is 4.90. The van der Waals surface area contributed by atoms with Gasteiger partial charge < -0.3 is 9.80 Å². The van der Waals surface area contributed by atoms with Gasteiger partial charge in [-0.1, -0.05) is 0 Å². The Kier molecular flexibility index (Phi) is 4.63. The largest absolute Gasteiger partial charge is 0.352 e. The number of piperazine rings is 1. The molecule has 1 N–H and O–H groups in total. The highest BCUT2D eigenvalue weighted by Gasteiger charge is 2.52. The normalized spacial score (nSPS) is 17.8. The first-order valence-corrected chi connectivity index (χ1v) is 9.56. The van der Waals surface area contributed by atoms with Crippen LogP contribution in [-0.4, -0.2) is 46.7 Å². The van der Waals surface area contributed by atoms with E-state index in [2.05, 4.69) is 36.6 Å². The Labute approximate surface area is 160 Å². The van der Waals surface area contributed by atoms with Crippen molar-refractivity contribution in [1.29, 1.82) is 0 Å². The van der Waals surface area contributed by atoms with E-state index in [0.29, 0.717) is 5.52 Å². The van der Waals surface area contributed by atoms with Crippen LogP contribution >= 0.6 is 11.6 Å². The van der Waals surface area contributed by atoms with E-state index in [-0.39, 0.29) is 17.2 Å². The molecular formula is C19H20ClF2N5. The van der Waals surface area contributed by atoms with Crippen LogP contribution in [0, 0.1) is 11.6 Å². The number of H-pyrrole nitrogens is 1. The van der Waals surface area contributed by atoms with Crippen molar-refractivity contribution in [2.45, 2.75) is 18.4 Å². The van der Waals surface area contributed by atoms with Crippen LogP contribution in [0.3, 0.4) is 0 Å². The SMILES string of the molecule is CCl.Fc1ccc(N2CCN(c3n[nH]c4cc(F)ccc34)C3(CC3)C2)nc1. The van der Waals surface area contributed by atoms with E-state index >= 15 is 0 Å². The van der Waals surface area contributed by atoms with Gasteiger partial charge in [0.05, 0.1) is 17.3 Å². The molecule has 1 saturated carbocycles. The third kappa shape index (κ3) is 3.20. The molecule has 1 aromatic carbocycles. The summed E-state index contributed by atoms with van der Waals surface area (Å²) in [6.45, 7) is 2.42. The van der Waals surface area contributed by atoms with Gasteiger partial charge in [0.1, 0.15) is 17.5 Å². The first kappa shape index (κ1) is 18.0. The zero-order valence-electron chi connectivity index (χ0n) is 14.9. The first-order valence-electron chi connectivity index (χ1n) is 8.80. The number of hydrogen-bond donors (Lipinski definition) is 1. The van der Waals surface area contributed by atoms with E-state index in [0.717, 1.165) is 49.5 Å². The molecule has 0 bridgehead atoms. The van der Waals surface area contributed by atoms with Crippen LogP contribution in [0.2, 0.25) is 0 Å². The fourth-order valence-electron chi connectivity index (χ4n) is 3.81. The Morgan fingerprint density at radius 1 is 1.07 bits per heavy atom. The van der Waals surface area contributed by atoms with Gasteiger partial charge >= 0.3 is 0 Å². The highest BCUT2D eigenvalue weighted by Crippen LogP contribution is 2.47. The summed E-state index contributed by atoms with van der Waals surface area (Å²) in [7, 11) is 0. The van der Waals surface area contributed by atoms with Crippen molar-refractivity contribution < 1.29 is 8.78 Å². The van der Waals surface area contributed by atoms with Gasteiger partial charge in [-0.05, 0) is 43.2 Å². The average molecular weight is 392 g/mol. The molecule has 2 fully saturated rings. The van der Waals surface area contributed by atoms with Crippen molar-refractivity contribution in [3.8, 4) is 0 Å². The first-order chi connectivity index (χ1) is 13.1. The van der Waals surface area contributed by atoms with Crippen molar-refractivity contribution >= 4 is 34.1 Å². The summed E-state index contributed by atoms with van der Waals surface area (Å²) in [6, 6.07) is 7.91. The third-order valence-electron chi connectivity index (χ3n) is 5.27. The van der Waals surface area contributed by atoms with Gasteiger partial charge in [-0.25, -0.2) is 13.8 Å². The number of rotatable bonds is 2. The number of aromatic amines is 1. The minimum absolute atomic E-state index is 0.0326. The van der Waals surface area contributed by atoms with Gasteiger partial charge in [-0.2, -0.15) is 5.10 Å². The number of anilines is 2. The lowest BCUT2D eigenvalue weighted by atomic mass is 10.1. The molecule has 8 heteroatoms. The molecule has 1 aliphatic heterocycles. The van der Waals surface area contributed by atoms with Gasteiger partial charge in [0.25, 0.3) is 0 Å². The van der Waals surface area contributed by atoms with E-state index in [1.165, 1.54) is 30.8 Å². The Morgan fingerprint density at radius 2 is 1.85 bits per heavy atom. The van der Waals surface area contributed by atoms with Crippen molar-refractivity contribution in [3.05, 3.63) is 48.2 Å². The summed E-state index contributed by atoms with van der Waals surface area (Å²) in [5.74, 6) is 1.11. The fourth-order valence-corrected chi connectivity index (χ4v) is 3.81. The van der Waals surface area contributed by atoms with Crippen LogP contribution < -0.4 is 9.80 Å². The van der Waals surface area contributed by atoms with Crippen molar-refractivity contribution in [2.24, 2.45) is 0 Å². The Bertz CT molecular complexity index is 939. The molecule has 1 spiro atoms. The molecule has 0 atom stereocenters. The smallest absolute Gasteiger partial charge is 0.158 e. The molecule has 3 aromatic rings. The number of alkyl halides is 1. The maximum absolute atomic E-state index is 13.4. The van der Waals surface area contributed by atoms with Crippen LogP contribution in [0.5, 0.6) is 0 Å². The number of fused-ring (bicyclic) bond motifs is 1. The molecule has 1 aliphatic carbocycles. The maximum atomic E-state index is 13.4. The summed E-state index contributed by atoms with van der Waals surface area (Å²) in [5, 5.41) is 8.34. The molecule has 5 rings (SSSR count). The molecule has 2 aliphatic rings. The minimum atomic E-state index is -0.321. The Hall–Kier alpha value is -2.41. The van der Waals surface area contributed by atoms with Crippen LogP contribution in [0.1, 0.15) is 12.8 Å². The number of hydrogen-bond acceptors (Lipinski definition) is 4. The maximum Gasteiger partial charge on any atom is 0.158 e. The van der Waals surface area contributed by atoms with Gasteiger partial charge in [0.15, 0.2) is 5.82 Å². The molecule has 2 aromatic heterocycles. The predicted octanol–water partition coefficient (Wildman–Crippen LogP) is 3.95. The summed E-state index contributed by atoms with van der Waals surface area (Å²) < 4.78 is 26.5. The molecule has 3 heterocycles. The van der Waals surface area contributed by atoms with Crippen LogP contribution in [0.15, 0.2) is 36.5 Å². The average Bonchev–Trinajstić information content (AvgIpc) is 3.33. The number of pyridine rings is 1. The molecule has 5 nitrogen and oxygen atoms in total. The van der Waals surface area contributed by atoms with Gasteiger partial charge in [-0.15, -0.1) is 11.6 Å². The summed E-state index contributed by atoms with van der Waals surface area (Å²) in [5.41, 5.74) is 0.749. The van der Waals surface area contributed by atoms with E-state index in [4.69, 9.17) is 0 Å². The Morgan fingerprint density at radius 3 is 2.56 bits per heavy atom. The van der Waals surface area contributed by atoms with E-state index in [9.17, 15) is 8.78 Å². The van der Waals surface area contributed by atoms with Crippen LogP contribution in [0.4, 0.5) is 20.4 Å². The molecule has 0 radical (unpaired) electrons. The Balaban J connectivity index is 0.000000872. The highest BCUT2D eigenvalue weighted by atomic mass is 35.5. The lowest BCUT2D eigenvalue weighted by Gasteiger charge is -2.43. The topological polar surface area (TPSA) is 48.0 Å². The van der Waals surface area contributed by atoms with Gasteiger partial charge in [0, 0.05) is 31.4 Å². The van der Waals surface area contributed by atoms with Crippen LogP contribution in [0.25, 0.3) is 10.9 Å². The minimum Gasteiger partial charge on any atom is -0.352 e. The number of nitrogens with one attached hydrogen (secondary N) is 1. The quantitative estimate of drug-likeness (QED) is 0.672. The number of benzene rings is 1. The molecular weight excluding hydrogens is 372 g/mol. The summed E-state index contributed by atoms with van der Waals surface area (Å²) >= 11 is 4.64. The van der Waals surface area contributed by atoms with Crippen molar-refractivity contribution in [2.75, 3.05) is 35.8 Å². The number of halogens is 3. The lowest BCUT2D eigenvalue weighted by molar-refractivity contribution is 0.502. The monoisotopic (exact) mass is 391 g/mol. The second kappa shape index (κ2) is 6.96. The second-order valence-corrected chi connectivity index (χ2v) is 6.87. The number of nitrogens with zero attached hydrogens (tertiary/aromatic N) is 4. The molecule has 1 saturated heterocycles.